The molecule has 17 N–H and O–H groups in total. The first kappa shape index (κ1) is 21.6. The molecule has 0 saturated heterocycles. The molecule has 13 heteroatoms. The van der Waals surface area contributed by atoms with E-state index in [0.717, 1.165) is 0 Å². The van der Waals surface area contributed by atoms with Crippen molar-refractivity contribution in [1.82, 2.24) is 0 Å². The van der Waals surface area contributed by atoms with Gasteiger partial charge in [0.2, 0.25) is 0 Å². The minimum atomic E-state index is -0.822. The Labute approximate surface area is 167 Å². The molecule has 29 heavy (non-hydrogen) atoms. The number of hydrogen-bond acceptors (Lipinski definition) is 5. The molecule has 0 radical (unpaired) electrons. The van der Waals surface area contributed by atoms with Gasteiger partial charge in [0.1, 0.15) is 0 Å². The SMILES string of the molecule is NC(N)=Nc1ccc([C@H]2C[C@@H](O)[C@H](N=C(N)N)C[C@@H]2N=C(N)N)c(N=C(N)N)c1. The lowest BCUT2D eigenvalue weighted by Gasteiger charge is -2.36. The lowest BCUT2D eigenvalue weighted by Crippen LogP contribution is -2.42. The van der Waals surface area contributed by atoms with E-state index < -0.39 is 18.2 Å². The minimum absolute atomic E-state index is 0.0969. The number of nitrogens with zero attached hydrogens (tertiary/aromatic N) is 4. The van der Waals surface area contributed by atoms with Crippen LogP contribution in [0.15, 0.2) is 38.2 Å². The second-order valence-electron chi connectivity index (χ2n) is 6.70. The quantitative estimate of drug-likeness (QED) is 0.178. The van der Waals surface area contributed by atoms with Crippen LogP contribution >= 0.6 is 0 Å². The summed E-state index contributed by atoms with van der Waals surface area (Å²) in [6.07, 6.45) is -0.229. The highest BCUT2D eigenvalue weighted by Crippen LogP contribution is 2.41. The average Bonchev–Trinajstić information content (AvgIpc) is 2.56. The van der Waals surface area contributed by atoms with Crippen LogP contribution in [0.4, 0.5) is 11.4 Å². The molecule has 4 atom stereocenters. The summed E-state index contributed by atoms with van der Waals surface area (Å²) in [4.78, 5) is 16.6. The monoisotopic (exact) mass is 404 g/mol. The van der Waals surface area contributed by atoms with Gasteiger partial charge in [0, 0.05) is 5.92 Å². The Morgan fingerprint density at radius 3 is 1.90 bits per heavy atom. The van der Waals surface area contributed by atoms with E-state index in [9.17, 15) is 5.11 Å². The van der Waals surface area contributed by atoms with Crippen molar-refractivity contribution in [2.24, 2.45) is 65.8 Å². The van der Waals surface area contributed by atoms with Crippen LogP contribution in [0.25, 0.3) is 0 Å². The number of aliphatic imine (C=N–C) groups is 4. The van der Waals surface area contributed by atoms with Crippen LogP contribution in [0.2, 0.25) is 0 Å². The van der Waals surface area contributed by atoms with Crippen LogP contribution in [0.1, 0.15) is 24.3 Å². The smallest absolute Gasteiger partial charge is 0.191 e. The minimum Gasteiger partial charge on any atom is -0.391 e. The fourth-order valence-corrected chi connectivity index (χ4v) is 3.44. The molecule has 0 aromatic heterocycles. The Balaban J connectivity index is 2.54. The largest absolute Gasteiger partial charge is 0.391 e. The van der Waals surface area contributed by atoms with E-state index in [0.29, 0.717) is 23.4 Å². The zero-order chi connectivity index (χ0) is 21.7. The molecule has 1 aliphatic rings. The van der Waals surface area contributed by atoms with Gasteiger partial charge in [-0.05, 0) is 30.5 Å². The Bertz CT molecular complexity index is 845. The van der Waals surface area contributed by atoms with Crippen LogP contribution in [-0.4, -0.2) is 47.1 Å². The number of benzene rings is 1. The highest BCUT2D eigenvalue weighted by atomic mass is 16.3. The molecular formula is C16H28N12O. The lowest BCUT2D eigenvalue weighted by molar-refractivity contribution is 0.0911. The second-order valence-corrected chi connectivity index (χ2v) is 6.70. The highest BCUT2D eigenvalue weighted by molar-refractivity contribution is 5.82. The molecule has 0 unspecified atom stereocenters. The maximum Gasteiger partial charge on any atom is 0.191 e. The van der Waals surface area contributed by atoms with Crippen LogP contribution in [0.5, 0.6) is 0 Å². The number of aliphatic hydroxyl groups is 1. The third kappa shape index (κ3) is 5.87. The van der Waals surface area contributed by atoms with Crippen LogP contribution in [0.3, 0.4) is 0 Å². The Hall–Kier alpha value is -3.74. The van der Waals surface area contributed by atoms with Gasteiger partial charge >= 0.3 is 0 Å². The summed E-state index contributed by atoms with van der Waals surface area (Å²) in [5.41, 5.74) is 45.8. The Morgan fingerprint density at radius 1 is 0.759 bits per heavy atom. The molecule has 2 rings (SSSR count). The number of aliphatic hydroxyl groups excluding tert-OH is 1. The maximum atomic E-state index is 10.6. The standard InChI is InChI=1S/C16H28N12O/c17-13(18)25-6-1-2-7(9(3-6)26-14(19)20)8-4-12(29)11(28-16(23)24)5-10(8)27-15(21)22/h1-3,8,10-12,29H,4-5H2,(H4,17,18,25)(H4,19,20,26)(H4,21,22,27)(H4,23,24,28)/t8-,10+,11-,12-/m1/s1. The molecule has 0 aliphatic heterocycles. The fraction of sp³-hybridized carbons (Fsp3) is 0.375. The molecule has 1 aromatic rings. The summed E-state index contributed by atoms with van der Waals surface area (Å²) in [6, 6.07) is 4.12. The second kappa shape index (κ2) is 8.97. The molecule has 1 saturated carbocycles. The first-order valence-corrected chi connectivity index (χ1v) is 8.75. The van der Waals surface area contributed by atoms with E-state index in [2.05, 4.69) is 20.0 Å². The molecule has 0 spiro atoms. The summed E-state index contributed by atoms with van der Waals surface area (Å²) >= 11 is 0. The van der Waals surface area contributed by atoms with E-state index in [-0.39, 0.29) is 36.2 Å². The normalized spacial score (nSPS) is 23.5. The van der Waals surface area contributed by atoms with Gasteiger partial charge in [0.05, 0.1) is 29.6 Å². The summed E-state index contributed by atoms with van der Waals surface area (Å²) < 4.78 is 0. The van der Waals surface area contributed by atoms with E-state index in [1.165, 1.54) is 0 Å². The van der Waals surface area contributed by atoms with Crippen LogP contribution < -0.4 is 45.9 Å². The molecule has 0 heterocycles. The number of guanidine groups is 4. The van der Waals surface area contributed by atoms with Crippen molar-refractivity contribution in [3.63, 3.8) is 0 Å². The van der Waals surface area contributed by atoms with Crippen molar-refractivity contribution in [3.8, 4) is 0 Å². The molecule has 158 valence electrons. The van der Waals surface area contributed by atoms with Crippen LogP contribution in [0, 0.1) is 0 Å². The van der Waals surface area contributed by atoms with Gasteiger partial charge in [0.25, 0.3) is 0 Å². The first-order valence-electron chi connectivity index (χ1n) is 8.75. The number of nitrogens with two attached hydrogens (primary N) is 8. The molecule has 1 aromatic carbocycles. The third-order valence-electron chi connectivity index (χ3n) is 4.44. The van der Waals surface area contributed by atoms with Crippen molar-refractivity contribution in [3.05, 3.63) is 23.8 Å². The third-order valence-corrected chi connectivity index (χ3v) is 4.44. The fourth-order valence-electron chi connectivity index (χ4n) is 3.44. The molecular weight excluding hydrogens is 376 g/mol. The van der Waals surface area contributed by atoms with E-state index in [1.54, 1.807) is 18.2 Å². The van der Waals surface area contributed by atoms with Crippen molar-refractivity contribution in [2.45, 2.75) is 36.9 Å². The van der Waals surface area contributed by atoms with Crippen molar-refractivity contribution in [1.29, 1.82) is 0 Å². The van der Waals surface area contributed by atoms with Gasteiger partial charge in [-0.25, -0.2) is 20.0 Å². The summed E-state index contributed by atoms with van der Waals surface area (Å²) in [5, 5.41) is 10.6. The predicted molar refractivity (Wildman–Crippen MR) is 115 cm³/mol. The van der Waals surface area contributed by atoms with Gasteiger partial charge in [-0.15, -0.1) is 0 Å². The molecule has 1 aliphatic carbocycles. The van der Waals surface area contributed by atoms with Crippen molar-refractivity contribution < 1.29 is 5.11 Å². The highest BCUT2D eigenvalue weighted by Gasteiger charge is 2.38. The van der Waals surface area contributed by atoms with Gasteiger partial charge in [0.15, 0.2) is 23.8 Å². The summed E-state index contributed by atoms with van der Waals surface area (Å²) in [6.45, 7) is 0. The molecule has 0 bridgehead atoms. The van der Waals surface area contributed by atoms with Gasteiger partial charge in [-0.1, -0.05) is 6.07 Å². The summed E-state index contributed by atoms with van der Waals surface area (Å²) in [5.74, 6) is -0.802. The average molecular weight is 404 g/mol. The van der Waals surface area contributed by atoms with Gasteiger partial charge < -0.3 is 51.0 Å². The van der Waals surface area contributed by atoms with E-state index in [1.807, 2.05) is 0 Å². The Morgan fingerprint density at radius 2 is 1.34 bits per heavy atom. The van der Waals surface area contributed by atoms with Crippen LogP contribution in [-0.2, 0) is 0 Å². The number of rotatable bonds is 5. The predicted octanol–water partition coefficient (Wildman–Crippen LogP) is -2.98. The van der Waals surface area contributed by atoms with Gasteiger partial charge in [-0.2, -0.15) is 0 Å². The molecule has 0 amide bonds. The molecule has 1 fully saturated rings. The van der Waals surface area contributed by atoms with E-state index >= 15 is 0 Å². The zero-order valence-corrected chi connectivity index (χ0v) is 15.8. The Kier molecular flexibility index (Phi) is 6.67. The van der Waals surface area contributed by atoms with Crippen molar-refractivity contribution >= 4 is 35.2 Å². The summed E-state index contributed by atoms with van der Waals surface area (Å²) in [7, 11) is 0. The lowest BCUT2D eigenvalue weighted by atomic mass is 9.76. The first-order chi connectivity index (χ1) is 13.6. The van der Waals surface area contributed by atoms with Crippen molar-refractivity contribution in [2.75, 3.05) is 0 Å². The molecule has 13 nitrogen and oxygen atoms in total. The maximum absolute atomic E-state index is 10.6. The number of hydrogen-bond donors (Lipinski definition) is 9. The van der Waals surface area contributed by atoms with Gasteiger partial charge in [-0.3, -0.25) is 0 Å². The zero-order valence-electron chi connectivity index (χ0n) is 15.8. The van der Waals surface area contributed by atoms with E-state index in [4.69, 9.17) is 45.9 Å². The topological polar surface area (TPSA) is 278 Å².